The van der Waals surface area contributed by atoms with Crippen molar-refractivity contribution >= 4 is 0 Å². The molecule has 0 aromatic carbocycles. The lowest BCUT2D eigenvalue weighted by Gasteiger charge is -2.37. The first-order valence-electron chi connectivity index (χ1n) is 5.11. The van der Waals surface area contributed by atoms with Crippen LogP contribution >= 0.6 is 0 Å². The number of ether oxygens (including phenoxy) is 1. The maximum absolute atomic E-state index is 10.1. The van der Waals surface area contributed by atoms with Gasteiger partial charge in [-0.1, -0.05) is 20.3 Å². The van der Waals surface area contributed by atoms with Gasteiger partial charge < -0.3 is 14.9 Å². The Bertz CT molecular complexity index is 202. The molecule has 5 atom stereocenters. The molecule has 0 amide bonds. The van der Waals surface area contributed by atoms with Gasteiger partial charge >= 0.3 is 0 Å². The third-order valence-electron chi connectivity index (χ3n) is 3.60. The number of aliphatic hydroxyl groups excluding tert-OH is 1. The highest BCUT2D eigenvalue weighted by atomic mass is 16.7. The fourth-order valence-electron chi connectivity index (χ4n) is 2.77. The molecule has 1 saturated heterocycles. The van der Waals surface area contributed by atoms with Crippen LogP contribution in [0.2, 0.25) is 0 Å². The minimum Gasteiger partial charge on any atom is -0.368 e. The molecule has 76 valence electrons. The maximum atomic E-state index is 10.1. The number of hydrogen-bond donors (Lipinski definition) is 2. The second-order valence-corrected chi connectivity index (χ2v) is 4.71. The molecule has 1 heterocycles. The average Bonchev–Trinajstić information content (AvgIpc) is 2.22. The van der Waals surface area contributed by atoms with Gasteiger partial charge in [0.25, 0.3) is 0 Å². The Morgan fingerprint density at radius 1 is 1.31 bits per heavy atom. The molecule has 1 aliphatic heterocycles. The molecule has 2 N–H and O–H groups in total. The summed E-state index contributed by atoms with van der Waals surface area (Å²) in [5.74, 6) is -0.355. The monoisotopic (exact) mass is 186 g/mol. The quantitative estimate of drug-likeness (QED) is 0.595. The van der Waals surface area contributed by atoms with E-state index in [1.165, 1.54) is 0 Å². The molecule has 2 fully saturated rings. The first-order valence-corrected chi connectivity index (χ1v) is 5.11. The normalized spacial score (nSPS) is 56.3. The molecule has 1 aliphatic carbocycles. The van der Waals surface area contributed by atoms with Crippen LogP contribution in [-0.2, 0) is 4.74 Å². The van der Waals surface area contributed by atoms with E-state index in [0.717, 1.165) is 12.8 Å². The number of hydrogen-bond acceptors (Lipinski definition) is 3. The number of fused-ring (bicyclic) bond motifs is 1. The second kappa shape index (κ2) is 2.94. The van der Waals surface area contributed by atoms with E-state index in [-0.39, 0.29) is 11.8 Å². The van der Waals surface area contributed by atoms with Crippen molar-refractivity contribution in [2.45, 2.75) is 45.2 Å². The van der Waals surface area contributed by atoms with Crippen LogP contribution in [0.15, 0.2) is 0 Å². The molecule has 1 saturated carbocycles. The summed E-state index contributed by atoms with van der Waals surface area (Å²) >= 11 is 0. The molecule has 3 heteroatoms. The van der Waals surface area contributed by atoms with Crippen LogP contribution in [0, 0.1) is 17.8 Å². The Labute approximate surface area is 78.7 Å². The highest BCUT2D eigenvalue weighted by Crippen LogP contribution is 2.48. The maximum Gasteiger partial charge on any atom is 0.172 e. The van der Waals surface area contributed by atoms with E-state index in [9.17, 15) is 10.2 Å². The Kier molecular flexibility index (Phi) is 2.13. The van der Waals surface area contributed by atoms with Crippen LogP contribution in [-0.4, -0.2) is 22.3 Å². The van der Waals surface area contributed by atoms with E-state index in [1.54, 1.807) is 0 Å². The third-order valence-corrected chi connectivity index (χ3v) is 3.60. The molecule has 3 unspecified atom stereocenters. The summed E-state index contributed by atoms with van der Waals surface area (Å²) in [5, 5.41) is 19.6. The van der Waals surface area contributed by atoms with Crippen molar-refractivity contribution in [1.82, 2.24) is 0 Å². The summed E-state index contributed by atoms with van der Waals surface area (Å²) < 4.78 is 5.25. The lowest BCUT2D eigenvalue weighted by Crippen LogP contribution is -2.41. The number of rotatable bonds is 0. The van der Waals surface area contributed by atoms with Crippen molar-refractivity contribution in [2.24, 2.45) is 17.8 Å². The van der Waals surface area contributed by atoms with Gasteiger partial charge in [-0.15, -0.1) is 0 Å². The summed E-state index contributed by atoms with van der Waals surface area (Å²) in [6.07, 6.45) is 1.99. The molecule has 0 spiro atoms. The van der Waals surface area contributed by atoms with Crippen LogP contribution in [0.25, 0.3) is 0 Å². The largest absolute Gasteiger partial charge is 0.368 e. The topological polar surface area (TPSA) is 49.7 Å². The average molecular weight is 186 g/mol. The Balaban J connectivity index is 2.17. The highest BCUT2D eigenvalue weighted by molar-refractivity contribution is 4.93. The summed E-state index contributed by atoms with van der Waals surface area (Å²) in [6.45, 7) is 4.07. The van der Waals surface area contributed by atoms with E-state index in [1.807, 2.05) is 6.92 Å². The molecule has 0 radical (unpaired) electrons. The Morgan fingerprint density at radius 2 is 2.00 bits per heavy atom. The molecular weight excluding hydrogens is 168 g/mol. The molecule has 3 nitrogen and oxygen atoms in total. The van der Waals surface area contributed by atoms with Crippen molar-refractivity contribution < 1.29 is 14.9 Å². The van der Waals surface area contributed by atoms with Crippen LogP contribution in [0.4, 0.5) is 0 Å². The molecule has 0 aromatic rings. The minimum absolute atomic E-state index is 0.0671. The van der Waals surface area contributed by atoms with Crippen molar-refractivity contribution in [3.63, 3.8) is 0 Å². The Hall–Kier alpha value is -0.120. The smallest absolute Gasteiger partial charge is 0.172 e. The van der Waals surface area contributed by atoms with E-state index < -0.39 is 12.1 Å². The minimum atomic E-state index is -1.05. The first kappa shape index (κ1) is 9.44. The van der Waals surface area contributed by atoms with E-state index >= 15 is 0 Å². The predicted molar refractivity (Wildman–Crippen MR) is 47.7 cm³/mol. The number of aliphatic hydroxyl groups is 2. The molecule has 0 bridgehead atoms. The molecule has 0 aromatic heterocycles. The summed E-state index contributed by atoms with van der Waals surface area (Å²) in [6, 6.07) is 0. The third kappa shape index (κ3) is 1.39. The molecule has 2 aliphatic rings. The standard InChI is InChI=1S/C10H18O3/c1-6-3-4-8-7(2)9(11)13-10(8,12)5-6/h6-9,11-12H,3-5H2,1-2H3/t6-,7-,8?,9?,10?/m1/s1. The highest BCUT2D eigenvalue weighted by Gasteiger charge is 2.53. The SMILES string of the molecule is C[C@@H]1CCC2[C@@H](C)C(O)OC2(O)C1. The zero-order chi connectivity index (χ0) is 9.64. The van der Waals surface area contributed by atoms with Crippen molar-refractivity contribution in [2.75, 3.05) is 0 Å². The summed E-state index contributed by atoms with van der Waals surface area (Å²) in [5.41, 5.74) is 0. The molecule has 2 rings (SSSR count). The van der Waals surface area contributed by atoms with Gasteiger partial charge in [0.2, 0.25) is 0 Å². The fourth-order valence-corrected chi connectivity index (χ4v) is 2.77. The second-order valence-electron chi connectivity index (χ2n) is 4.71. The van der Waals surface area contributed by atoms with Crippen LogP contribution in [0.3, 0.4) is 0 Å². The van der Waals surface area contributed by atoms with E-state index in [4.69, 9.17) is 4.74 Å². The Morgan fingerprint density at radius 3 is 2.69 bits per heavy atom. The lowest BCUT2D eigenvalue weighted by molar-refractivity contribution is -0.263. The zero-order valence-corrected chi connectivity index (χ0v) is 8.23. The van der Waals surface area contributed by atoms with Crippen molar-refractivity contribution in [3.05, 3.63) is 0 Å². The van der Waals surface area contributed by atoms with Gasteiger partial charge in [0.15, 0.2) is 12.1 Å². The van der Waals surface area contributed by atoms with E-state index in [2.05, 4.69) is 6.92 Å². The van der Waals surface area contributed by atoms with Gasteiger partial charge in [-0.3, -0.25) is 0 Å². The predicted octanol–water partition coefficient (Wildman–Crippen LogP) is 1.10. The van der Waals surface area contributed by atoms with Crippen LogP contribution in [0.1, 0.15) is 33.1 Å². The molecule has 13 heavy (non-hydrogen) atoms. The lowest BCUT2D eigenvalue weighted by atomic mass is 9.74. The van der Waals surface area contributed by atoms with Gasteiger partial charge in [-0.25, -0.2) is 0 Å². The van der Waals surface area contributed by atoms with Gasteiger partial charge in [0.1, 0.15) is 0 Å². The van der Waals surface area contributed by atoms with Crippen LogP contribution in [0.5, 0.6) is 0 Å². The van der Waals surface area contributed by atoms with Gasteiger partial charge in [0.05, 0.1) is 0 Å². The van der Waals surface area contributed by atoms with Gasteiger partial charge in [-0.05, 0) is 12.3 Å². The summed E-state index contributed by atoms with van der Waals surface area (Å²) in [4.78, 5) is 0. The van der Waals surface area contributed by atoms with Crippen LogP contribution < -0.4 is 0 Å². The van der Waals surface area contributed by atoms with Gasteiger partial charge in [-0.2, -0.15) is 0 Å². The zero-order valence-electron chi connectivity index (χ0n) is 8.23. The fraction of sp³-hybridized carbons (Fsp3) is 1.00. The summed E-state index contributed by atoms with van der Waals surface area (Å²) in [7, 11) is 0. The van der Waals surface area contributed by atoms with Gasteiger partial charge in [0, 0.05) is 18.3 Å². The van der Waals surface area contributed by atoms with Crippen molar-refractivity contribution in [1.29, 1.82) is 0 Å². The van der Waals surface area contributed by atoms with Crippen molar-refractivity contribution in [3.8, 4) is 0 Å². The van der Waals surface area contributed by atoms with E-state index in [0.29, 0.717) is 12.3 Å². The first-order chi connectivity index (χ1) is 6.03. The molecular formula is C10H18O3.